The Labute approximate surface area is 143 Å². The zero-order chi connectivity index (χ0) is 17.2. The lowest BCUT2D eigenvalue weighted by molar-refractivity contribution is -0.118. The number of nitrogens with one attached hydrogen (secondary N) is 2. The minimum Gasteiger partial charge on any atom is -0.325 e. The molecule has 2 aromatic heterocycles. The largest absolute Gasteiger partial charge is 0.325 e. The van der Waals surface area contributed by atoms with E-state index in [1.165, 1.54) is 0 Å². The van der Waals surface area contributed by atoms with Crippen molar-refractivity contribution >= 4 is 22.6 Å². The summed E-state index contributed by atoms with van der Waals surface area (Å²) in [6.07, 6.45) is 4.97. The molecular formula is C18H16N6O. The van der Waals surface area contributed by atoms with Crippen LogP contribution in [0.3, 0.4) is 0 Å². The van der Waals surface area contributed by atoms with E-state index in [0.717, 1.165) is 16.3 Å². The number of amides is 1. The van der Waals surface area contributed by atoms with Gasteiger partial charge in [-0.05, 0) is 17.7 Å². The predicted molar refractivity (Wildman–Crippen MR) is 94.9 cm³/mol. The molecule has 0 unspecified atom stereocenters. The Kier molecular flexibility index (Phi) is 3.74. The molecule has 0 bridgehead atoms. The smallest absolute Gasteiger partial charge is 0.249 e. The first-order valence-electron chi connectivity index (χ1n) is 7.91. The number of aromatic amines is 1. The van der Waals surface area contributed by atoms with Gasteiger partial charge in [0.1, 0.15) is 6.04 Å². The third-order valence-corrected chi connectivity index (χ3v) is 4.12. The molecule has 0 aliphatic heterocycles. The number of carbonyl (C=O) groups excluding carboxylic acids is 1. The molecule has 2 heterocycles. The SMILES string of the molecule is C[C@H](C(=O)Nc1n[nH]c(-c2cccc3ccccc23)n1)n1ccnc1. The van der Waals surface area contributed by atoms with Gasteiger partial charge in [-0.1, -0.05) is 42.5 Å². The van der Waals surface area contributed by atoms with Crippen LogP contribution in [-0.4, -0.2) is 30.6 Å². The second-order valence-corrected chi connectivity index (χ2v) is 5.71. The Hall–Kier alpha value is -3.48. The van der Waals surface area contributed by atoms with Gasteiger partial charge in [0.25, 0.3) is 0 Å². The van der Waals surface area contributed by atoms with Gasteiger partial charge in [0.2, 0.25) is 11.9 Å². The molecule has 25 heavy (non-hydrogen) atoms. The van der Waals surface area contributed by atoms with Gasteiger partial charge >= 0.3 is 0 Å². The summed E-state index contributed by atoms with van der Waals surface area (Å²) >= 11 is 0. The van der Waals surface area contributed by atoms with Crippen LogP contribution in [0.5, 0.6) is 0 Å². The maximum absolute atomic E-state index is 12.3. The van der Waals surface area contributed by atoms with Gasteiger partial charge in [-0.3, -0.25) is 15.2 Å². The summed E-state index contributed by atoms with van der Waals surface area (Å²) in [6, 6.07) is 13.7. The van der Waals surface area contributed by atoms with E-state index in [1.54, 1.807) is 30.2 Å². The molecule has 2 N–H and O–H groups in total. The van der Waals surface area contributed by atoms with E-state index in [4.69, 9.17) is 0 Å². The van der Waals surface area contributed by atoms with E-state index < -0.39 is 6.04 Å². The van der Waals surface area contributed by atoms with Crippen molar-refractivity contribution in [2.75, 3.05) is 5.32 Å². The predicted octanol–water partition coefficient (Wildman–Crippen LogP) is 3.02. The number of carbonyl (C=O) groups is 1. The van der Waals surface area contributed by atoms with Crippen molar-refractivity contribution < 1.29 is 4.79 Å². The fourth-order valence-corrected chi connectivity index (χ4v) is 2.72. The van der Waals surface area contributed by atoms with Gasteiger partial charge in [0, 0.05) is 18.0 Å². The summed E-state index contributed by atoms with van der Waals surface area (Å²) < 4.78 is 1.72. The van der Waals surface area contributed by atoms with Gasteiger partial charge < -0.3 is 4.57 Å². The van der Waals surface area contributed by atoms with Crippen molar-refractivity contribution in [2.24, 2.45) is 0 Å². The van der Waals surface area contributed by atoms with E-state index in [1.807, 2.05) is 42.5 Å². The number of hydrogen-bond donors (Lipinski definition) is 2. The first kappa shape index (κ1) is 15.1. The Morgan fingerprint density at radius 1 is 1.20 bits per heavy atom. The molecule has 0 spiro atoms. The lowest BCUT2D eigenvalue weighted by Gasteiger charge is -2.11. The van der Waals surface area contributed by atoms with Crippen molar-refractivity contribution in [3.05, 3.63) is 61.2 Å². The number of benzene rings is 2. The number of H-pyrrole nitrogens is 1. The van der Waals surface area contributed by atoms with Crippen LogP contribution in [0.15, 0.2) is 61.2 Å². The number of aromatic nitrogens is 5. The quantitative estimate of drug-likeness (QED) is 0.601. The number of nitrogens with zero attached hydrogens (tertiary/aromatic N) is 4. The average Bonchev–Trinajstić information content (AvgIpc) is 3.32. The molecule has 0 saturated heterocycles. The topological polar surface area (TPSA) is 88.5 Å². The second kappa shape index (κ2) is 6.20. The van der Waals surface area contributed by atoms with Gasteiger partial charge in [-0.15, -0.1) is 5.10 Å². The zero-order valence-electron chi connectivity index (χ0n) is 13.5. The fourth-order valence-electron chi connectivity index (χ4n) is 2.72. The van der Waals surface area contributed by atoms with E-state index in [-0.39, 0.29) is 11.9 Å². The molecule has 4 rings (SSSR count). The van der Waals surface area contributed by atoms with Gasteiger partial charge in [0.05, 0.1) is 6.33 Å². The lowest BCUT2D eigenvalue weighted by Crippen LogP contribution is -2.23. The minimum atomic E-state index is -0.401. The van der Waals surface area contributed by atoms with E-state index in [9.17, 15) is 4.79 Å². The summed E-state index contributed by atoms with van der Waals surface area (Å²) in [5.41, 5.74) is 0.939. The van der Waals surface area contributed by atoms with Crippen molar-refractivity contribution in [1.29, 1.82) is 0 Å². The third-order valence-electron chi connectivity index (χ3n) is 4.12. The maximum atomic E-state index is 12.3. The summed E-state index contributed by atoms with van der Waals surface area (Å²) in [5.74, 6) is 0.656. The Morgan fingerprint density at radius 3 is 2.88 bits per heavy atom. The van der Waals surface area contributed by atoms with Crippen molar-refractivity contribution in [3.63, 3.8) is 0 Å². The first-order valence-corrected chi connectivity index (χ1v) is 7.91. The van der Waals surface area contributed by atoms with Crippen LogP contribution in [0.25, 0.3) is 22.2 Å². The van der Waals surface area contributed by atoms with Gasteiger partial charge in [-0.2, -0.15) is 4.98 Å². The molecule has 0 aliphatic carbocycles. The number of imidazole rings is 1. The molecule has 7 heteroatoms. The highest BCUT2D eigenvalue weighted by atomic mass is 16.2. The maximum Gasteiger partial charge on any atom is 0.249 e. The van der Waals surface area contributed by atoms with Crippen molar-refractivity contribution in [3.8, 4) is 11.4 Å². The normalized spacial score (nSPS) is 12.2. The Balaban J connectivity index is 1.59. The van der Waals surface area contributed by atoms with Crippen LogP contribution >= 0.6 is 0 Å². The highest BCUT2D eigenvalue weighted by molar-refractivity contribution is 5.96. The van der Waals surface area contributed by atoms with Crippen LogP contribution in [0, 0.1) is 0 Å². The molecule has 0 fully saturated rings. The van der Waals surface area contributed by atoms with E-state index in [2.05, 4.69) is 25.5 Å². The lowest BCUT2D eigenvalue weighted by atomic mass is 10.0. The van der Waals surface area contributed by atoms with Crippen LogP contribution in [0.1, 0.15) is 13.0 Å². The van der Waals surface area contributed by atoms with E-state index in [0.29, 0.717) is 5.82 Å². The molecule has 1 atom stereocenters. The van der Waals surface area contributed by atoms with Crippen molar-refractivity contribution in [1.82, 2.24) is 24.7 Å². The standard InChI is InChI=1S/C18H16N6O/c1-12(24-10-9-19-11-24)17(25)21-18-20-16(22-23-18)15-8-4-6-13-5-2-3-7-14(13)15/h2-12H,1H3,(H2,20,21,22,23,25)/t12-/m1/s1. The number of hydrogen-bond acceptors (Lipinski definition) is 4. The number of rotatable bonds is 4. The Morgan fingerprint density at radius 2 is 2.04 bits per heavy atom. The average molecular weight is 332 g/mol. The monoisotopic (exact) mass is 332 g/mol. The van der Waals surface area contributed by atoms with Crippen molar-refractivity contribution in [2.45, 2.75) is 13.0 Å². The molecule has 4 aromatic rings. The number of anilines is 1. The highest BCUT2D eigenvalue weighted by Gasteiger charge is 2.17. The summed E-state index contributed by atoms with van der Waals surface area (Å²) in [7, 11) is 0. The highest BCUT2D eigenvalue weighted by Crippen LogP contribution is 2.26. The van der Waals surface area contributed by atoms with Crippen LogP contribution in [0.4, 0.5) is 5.95 Å². The summed E-state index contributed by atoms with van der Waals surface area (Å²) in [5, 5.41) is 11.9. The Bertz CT molecular complexity index is 1020. The van der Waals surface area contributed by atoms with E-state index >= 15 is 0 Å². The number of fused-ring (bicyclic) bond motifs is 1. The minimum absolute atomic E-state index is 0.207. The molecule has 2 aromatic carbocycles. The second-order valence-electron chi connectivity index (χ2n) is 5.71. The summed E-state index contributed by atoms with van der Waals surface area (Å²) in [6.45, 7) is 1.79. The third kappa shape index (κ3) is 2.87. The molecule has 0 aliphatic rings. The molecule has 124 valence electrons. The first-order chi connectivity index (χ1) is 12.2. The van der Waals surface area contributed by atoms with Gasteiger partial charge in [-0.25, -0.2) is 4.98 Å². The van der Waals surface area contributed by atoms with Crippen LogP contribution in [0.2, 0.25) is 0 Å². The van der Waals surface area contributed by atoms with Crippen LogP contribution < -0.4 is 5.32 Å². The summed E-state index contributed by atoms with van der Waals surface area (Å²) in [4.78, 5) is 20.7. The fraction of sp³-hybridized carbons (Fsp3) is 0.111. The molecular weight excluding hydrogens is 316 g/mol. The molecule has 0 radical (unpaired) electrons. The zero-order valence-corrected chi connectivity index (χ0v) is 13.5. The molecule has 1 amide bonds. The van der Waals surface area contributed by atoms with Gasteiger partial charge in [0.15, 0.2) is 5.82 Å². The van der Waals surface area contributed by atoms with Crippen LogP contribution in [-0.2, 0) is 4.79 Å². The molecule has 0 saturated carbocycles. The molecule has 7 nitrogen and oxygen atoms in total.